The summed E-state index contributed by atoms with van der Waals surface area (Å²) in [7, 11) is 0. The van der Waals surface area contributed by atoms with Gasteiger partial charge in [-0.15, -0.1) is 11.3 Å². The molecule has 0 aliphatic carbocycles. The Labute approximate surface area is 204 Å². The highest BCUT2D eigenvalue weighted by molar-refractivity contribution is 8.02. The van der Waals surface area contributed by atoms with E-state index in [9.17, 15) is 4.79 Å². The molecule has 1 heterocycles. The Morgan fingerprint density at radius 1 is 0.848 bits per heavy atom. The lowest BCUT2D eigenvalue weighted by Crippen LogP contribution is -2.27. The van der Waals surface area contributed by atoms with Gasteiger partial charge < -0.3 is 5.32 Å². The minimum absolute atomic E-state index is 0.0991. The van der Waals surface area contributed by atoms with Crippen molar-refractivity contribution in [2.75, 3.05) is 6.54 Å². The van der Waals surface area contributed by atoms with E-state index in [0.717, 1.165) is 40.2 Å². The summed E-state index contributed by atoms with van der Waals surface area (Å²) in [4.78, 5) is 17.5. The maximum Gasteiger partial charge on any atom is 0.271 e. The number of amides is 1. The molecule has 5 heteroatoms. The third-order valence-electron chi connectivity index (χ3n) is 5.60. The second-order valence-corrected chi connectivity index (χ2v) is 10.2. The molecule has 33 heavy (non-hydrogen) atoms. The Kier molecular flexibility index (Phi) is 7.97. The van der Waals surface area contributed by atoms with Crippen molar-refractivity contribution in [1.82, 2.24) is 10.3 Å². The number of nitrogens with zero attached hydrogens (tertiary/aromatic N) is 1. The SMILES string of the molecule is CCCCCNC(=O)c1ncsc1SC(c1ccccc1)(c1ccccc1)c1ccccc1. The zero-order valence-corrected chi connectivity index (χ0v) is 20.4. The number of carbonyl (C=O) groups excluding carboxylic acids is 1. The predicted octanol–water partition coefficient (Wildman–Crippen LogP) is 7.15. The molecule has 0 saturated heterocycles. The minimum atomic E-state index is -0.520. The first-order valence-corrected chi connectivity index (χ1v) is 13.0. The Morgan fingerprint density at radius 3 is 1.85 bits per heavy atom. The number of carbonyl (C=O) groups is 1. The lowest BCUT2D eigenvalue weighted by atomic mass is 9.84. The molecule has 0 unspecified atom stereocenters. The third-order valence-corrected chi connectivity index (χ3v) is 8.15. The van der Waals surface area contributed by atoms with Gasteiger partial charge in [0, 0.05) is 6.54 Å². The lowest BCUT2D eigenvalue weighted by molar-refractivity contribution is 0.0946. The first-order chi connectivity index (χ1) is 16.3. The van der Waals surface area contributed by atoms with E-state index in [2.05, 4.69) is 90.0 Å². The van der Waals surface area contributed by atoms with Gasteiger partial charge in [-0.05, 0) is 23.1 Å². The molecule has 0 spiro atoms. The summed E-state index contributed by atoms with van der Waals surface area (Å²) >= 11 is 3.22. The number of aromatic nitrogens is 1. The molecule has 1 N–H and O–H groups in total. The fourth-order valence-electron chi connectivity index (χ4n) is 3.95. The van der Waals surface area contributed by atoms with Crippen molar-refractivity contribution in [3.05, 3.63) is 119 Å². The van der Waals surface area contributed by atoms with E-state index < -0.39 is 4.75 Å². The summed E-state index contributed by atoms with van der Waals surface area (Å²) in [6.07, 6.45) is 3.22. The summed E-state index contributed by atoms with van der Waals surface area (Å²) in [5.74, 6) is -0.0991. The van der Waals surface area contributed by atoms with Crippen LogP contribution < -0.4 is 5.32 Å². The van der Waals surface area contributed by atoms with Crippen LogP contribution in [0.1, 0.15) is 53.4 Å². The predicted molar refractivity (Wildman–Crippen MR) is 139 cm³/mol. The molecule has 0 saturated carbocycles. The largest absolute Gasteiger partial charge is 0.351 e. The van der Waals surface area contributed by atoms with Gasteiger partial charge in [0.1, 0.15) is 0 Å². The molecular formula is C28H28N2OS2. The molecule has 3 aromatic carbocycles. The molecule has 0 aliphatic rings. The van der Waals surface area contributed by atoms with Crippen molar-refractivity contribution in [3.63, 3.8) is 0 Å². The van der Waals surface area contributed by atoms with Crippen molar-refractivity contribution >= 4 is 29.0 Å². The molecule has 1 aromatic heterocycles. The quantitative estimate of drug-likeness (QED) is 0.151. The molecule has 0 bridgehead atoms. The molecule has 4 aromatic rings. The van der Waals surface area contributed by atoms with Crippen LogP contribution in [0.3, 0.4) is 0 Å². The minimum Gasteiger partial charge on any atom is -0.351 e. The first kappa shape index (κ1) is 23.3. The van der Waals surface area contributed by atoms with Gasteiger partial charge in [-0.2, -0.15) is 0 Å². The van der Waals surface area contributed by atoms with Crippen LogP contribution in [0.25, 0.3) is 0 Å². The van der Waals surface area contributed by atoms with Gasteiger partial charge in [0.2, 0.25) is 0 Å². The number of unbranched alkanes of at least 4 members (excludes halogenated alkanes) is 2. The summed E-state index contributed by atoms with van der Waals surface area (Å²) < 4.78 is 0.396. The van der Waals surface area contributed by atoms with Gasteiger partial charge in [0.05, 0.1) is 14.5 Å². The average Bonchev–Trinajstić information content (AvgIpc) is 3.35. The number of rotatable bonds is 10. The van der Waals surface area contributed by atoms with E-state index in [1.54, 1.807) is 17.3 Å². The number of thioether (sulfide) groups is 1. The maximum atomic E-state index is 13.0. The fraction of sp³-hybridized carbons (Fsp3) is 0.214. The normalized spacial score (nSPS) is 11.3. The molecular weight excluding hydrogens is 444 g/mol. The molecule has 0 aliphatic heterocycles. The van der Waals surface area contributed by atoms with E-state index in [4.69, 9.17) is 0 Å². The van der Waals surface area contributed by atoms with Crippen molar-refractivity contribution in [1.29, 1.82) is 0 Å². The first-order valence-electron chi connectivity index (χ1n) is 11.3. The molecule has 0 atom stereocenters. The Bertz CT molecular complexity index is 1050. The Balaban J connectivity index is 1.80. The van der Waals surface area contributed by atoms with Crippen LogP contribution in [0, 0.1) is 0 Å². The van der Waals surface area contributed by atoms with Gasteiger partial charge in [-0.1, -0.05) is 123 Å². The smallest absolute Gasteiger partial charge is 0.271 e. The summed E-state index contributed by atoms with van der Waals surface area (Å²) in [6.45, 7) is 2.84. The van der Waals surface area contributed by atoms with Crippen molar-refractivity contribution in [3.8, 4) is 0 Å². The molecule has 4 rings (SSSR count). The maximum absolute atomic E-state index is 13.0. The van der Waals surface area contributed by atoms with Crippen LogP contribution in [0.5, 0.6) is 0 Å². The highest BCUT2D eigenvalue weighted by Crippen LogP contribution is 2.53. The average molecular weight is 473 g/mol. The zero-order chi connectivity index (χ0) is 22.9. The van der Waals surface area contributed by atoms with E-state index in [1.807, 2.05) is 18.2 Å². The second-order valence-electron chi connectivity index (χ2n) is 7.83. The summed E-state index contributed by atoms with van der Waals surface area (Å²) in [5.41, 5.74) is 5.77. The van der Waals surface area contributed by atoms with Gasteiger partial charge in [-0.25, -0.2) is 4.98 Å². The van der Waals surface area contributed by atoms with Crippen LogP contribution >= 0.6 is 23.1 Å². The molecule has 168 valence electrons. The Morgan fingerprint density at radius 2 is 1.36 bits per heavy atom. The number of hydrogen-bond acceptors (Lipinski definition) is 4. The van der Waals surface area contributed by atoms with Crippen molar-refractivity contribution in [2.45, 2.75) is 35.1 Å². The van der Waals surface area contributed by atoms with Gasteiger partial charge in [-0.3, -0.25) is 4.79 Å². The third kappa shape index (κ3) is 5.21. The summed E-state index contributed by atoms with van der Waals surface area (Å²) in [6, 6.07) is 31.6. The fourth-order valence-corrected chi connectivity index (χ4v) is 6.44. The van der Waals surface area contributed by atoms with Crippen molar-refractivity contribution < 1.29 is 4.79 Å². The number of benzene rings is 3. The number of nitrogens with one attached hydrogen (secondary N) is 1. The van der Waals surface area contributed by atoms with Gasteiger partial charge >= 0.3 is 0 Å². The highest BCUT2D eigenvalue weighted by atomic mass is 32.2. The van der Waals surface area contributed by atoms with Crippen LogP contribution in [-0.2, 0) is 4.75 Å². The van der Waals surface area contributed by atoms with E-state index in [1.165, 1.54) is 11.3 Å². The van der Waals surface area contributed by atoms with Crippen LogP contribution in [0.2, 0.25) is 0 Å². The van der Waals surface area contributed by atoms with Crippen molar-refractivity contribution in [2.24, 2.45) is 0 Å². The zero-order valence-electron chi connectivity index (χ0n) is 18.7. The van der Waals surface area contributed by atoms with Crippen LogP contribution in [0.4, 0.5) is 0 Å². The monoisotopic (exact) mass is 472 g/mol. The molecule has 0 fully saturated rings. The highest BCUT2D eigenvalue weighted by Gasteiger charge is 2.39. The number of thiazole rings is 1. The lowest BCUT2D eigenvalue weighted by Gasteiger charge is -2.35. The second kappa shape index (κ2) is 11.3. The van der Waals surface area contributed by atoms with Gasteiger partial charge in [0.25, 0.3) is 5.91 Å². The van der Waals surface area contributed by atoms with Crippen LogP contribution in [-0.4, -0.2) is 17.4 Å². The molecule has 1 amide bonds. The summed E-state index contributed by atoms with van der Waals surface area (Å²) in [5, 5.41) is 3.06. The molecule has 3 nitrogen and oxygen atoms in total. The molecule has 0 radical (unpaired) electrons. The Hall–Kier alpha value is -2.89. The van der Waals surface area contributed by atoms with E-state index in [0.29, 0.717) is 12.2 Å². The van der Waals surface area contributed by atoms with E-state index in [-0.39, 0.29) is 5.91 Å². The van der Waals surface area contributed by atoms with Crippen LogP contribution in [0.15, 0.2) is 101 Å². The number of hydrogen-bond donors (Lipinski definition) is 1. The topological polar surface area (TPSA) is 42.0 Å². The van der Waals surface area contributed by atoms with E-state index >= 15 is 0 Å². The van der Waals surface area contributed by atoms with Gasteiger partial charge in [0.15, 0.2) is 5.69 Å². The standard InChI is InChI=1S/C28H28N2OS2/c1-2-3-13-20-29-26(31)25-27(32-21-30-25)33-28(22-14-7-4-8-15-22,23-16-9-5-10-17-23)24-18-11-6-12-19-24/h4-12,14-19,21H,2-3,13,20H2,1H3,(H,29,31).